The molecule has 1 fully saturated rings. The van der Waals surface area contributed by atoms with Crippen LogP contribution in [0.3, 0.4) is 0 Å². The summed E-state index contributed by atoms with van der Waals surface area (Å²) in [7, 11) is 0. The van der Waals surface area contributed by atoms with Crippen molar-refractivity contribution in [3.63, 3.8) is 0 Å². The number of hydrogen-bond donors (Lipinski definition) is 3. The van der Waals surface area contributed by atoms with Crippen molar-refractivity contribution in [3.05, 3.63) is 75.7 Å². The second-order valence-corrected chi connectivity index (χ2v) is 8.22. The van der Waals surface area contributed by atoms with Gasteiger partial charge in [0, 0.05) is 36.6 Å². The van der Waals surface area contributed by atoms with Crippen LogP contribution in [0.15, 0.2) is 47.3 Å². The topological polar surface area (TPSA) is 103 Å². The van der Waals surface area contributed by atoms with Gasteiger partial charge in [-0.05, 0) is 43.2 Å². The predicted octanol–water partition coefficient (Wildman–Crippen LogP) is 4.34. The zero-order chi connectivity index (χ0) is 26.7. The van der Waals surface area contributed by atoms with Crippen LogP contribution in [-0.4, -0.2) is 47.7 Å². The normalized spacial score (nSPS) is 13.5. The number of halogens is 5. The number of alkyl halides is 3. The molecular weight excluding hydrogens is 499 g/mol. The van der Waals surface area contributed by atoms with Crippen molar-refractivity contribution in [2.45, 2.75) is 19.0 Å². The first-order valence-electron chi connectivity index (χ1n) is 11.2. The van der Waals surface area contributed by atoms with Crippen molar-refractivity contribution in [2.24, 2.45) is 0 Å². The first-order valence-corrected chi connectivity index (χ1v) is 11.2. The Kier molecular flexibility index (Phi) is 7.23. The number of hydrogen-bond acceptors (Lipinski definition) is 6. The van der Waals surface area contributed by atoms with Crippen LogP contribution in [0.25, 0.3) is 5.69 Å². The Labute approximate surface area is 207 Å². The molecule has 1 aliphatic heterocycles. The number of carbonyl (C=O) groups is 1. The number of aromatic nitrogens is 2. The van der Waals surface area contributed by atoms with Crippen LogP contribution in [0, 0.1) is 17.0 Å². The highest BCUT2D eigenvalue weighted by atomic mass is 19.4. The molecule has 1 aliphatic rings. The summed E-state index contributed by atoms with van der Waals surface area (Å²) in [6.45, 7) is -0.193. The highest BCUT2D eigenvalue weighted by Gasteiger charge is 2.28. The largest absolute Gasteiger partial charge is 0.405 e. The SMILES string of the molecule is N=Cc1c(NCC(F)(F)F)ccc(NC(=O)c2ccc(=O)n(-c3c(F)cccc3F)n2)c1N1CCCC1. The molecule has 13 heteroatoms. The van der Waals surface area contributed by atoms with E-state index < -0.39 is 41.5 Å². The Balaban J connectivity index is 1.72. The minimum atomic E-state index is -4.48. The van der Waals surface area contributed by atoms with Crippen molar-refractivity contribution in [1.29, 1.82) is 5.41 Å². The molecule has 1 aromatic heterocycles. The first kappa shape index (κ1) is 25.8. The molecule has 0 radical (unpaired) electrons. The van der Waals surface area contributed by atoms with Gasteiger partial charge in [0.15, 0.2) is 11.6 Å². The second kappa shape index (κ2) is 10.4. The maximum atomic E-state index is 14.2. The lowest BCUT2D eigenvalue weighted by molar-refractivity contribution is -0.115. The van der Waals surface area contributed by atoms with Gasteiger partial charge >= 0.3 is 6.18 Å². The summed E-state index contributed by atoms with van der Waals surface area (Å²) in [6, 6.07) is 7.71. The molecule has 0 atom stereocenters. The van der Waals surface area contributed by atoms with Gasteiger partial charge in [-0.1, -0.05) is 6.07 Å². The van der Waals surface area contributed by atoms with E-state index in [-0.39, 0.29) is 22.6 Å². The summed E-state index contributed by atoms with van der Waals surface area (Å²) in [6.07, 6.45) is -1.95. The number of benzene rings is 2. The summed E-state index contributed by atoms with van der Waals surface area (Å²) < 4.78 is 67.3. The minimum absolute atomic E-state index is 0.0638. The van der Waals surface area contributed by atoms with Crippen LogP contribution >= 0.6 is 0 Å². The number of para-hydroxylation sites is 1. The van der Waals surface area contributed by atoms with E-state index in [0.29, 0.717) is 23.5 Å². The highest BCUT2D eigenvalue weighted by molar-refractivity contribution is 6.08. The van der Waals surface area contributed by atoms with E-state index in [0.717, 1.165) is 49.4 Å². The summed E-state index contributed by atoms with van der Waals surface area (Å²) in [5.41, 5.74) is -1.20. The van der Waals surface area contributed by atoms with Crippen LogP contribution in [0.1, 0.15) is 28.9 Å². The molecule has 3 N–H and O–H groups in total. The van der Waals surface area contributed by atoms with Crippen molar-refractivity contribution in [3.8, 4) is 5.69 Å². The number of nitrogens with one attached hydrogen (secondary N) is 3. The molecular formula is C24H21F5N6O2. The van der Waals surface area contributed by atoms with Gasteiger partial charge in [0.2, 0.25) is 0 Å². The quantitative estimate of drug-likeness (QED) is 0.318. The highest BCUT2D eigenvalue weighted by Crippen LogP contribution is 2.37. The van der Waals surface area contributed by atoms with Gasteiger partial charge in [-0.2, -0.15) is 23.0 Å². The Morgan fingerprint density at radius 2 is 1.65 bits per heavy atom. The van der Waals surface area contributed by atoms with Crippen molar-refractivity contribution in [2.75, 3.05) is 35.2 Å². The lowest BCUT2D eigenvalue weighted by Gasteiger charge is -2.26. The van der Waals surface area contributed by atoms with E-state index in [1.54, 1.807) is 0 Å². The number of rotatable bonds is 7. The number of anilines is 3. The van der Waals surface area contributed by atoms with E-state index in [9.17, 15) is 31.5 Å². The molecule has 0 saturated carbocycles. The monoisotopic (exact) mass is 520 g/mol. The maximum Gasteiger partial charge on any atom is 0.405 e. The second-order valence-electron chi connectivity index (χ2n) is 8.22. The summed E-state index contributed by atoms with van der Waals surface area (Å²) >= 11 is 0. The van der Waals surface area contributed by atoms with Crippen LogP contribution in [-0.2, 0) is 0 Å². The number of amides is 1. The first-order chi connectivity index (χ1) is 17.6. The minimum Gasteiger partial charge on any atom is -0.376 e. The lowest BCUT2D eigenvalue weighted by atomic mass is 10.1. The van der Waals surface area contributed by atoms with Crippen LogP contribution in [0.2, 0.25) is 0 Å². The van der Waals surface area contributed by atoms with E-state index in [1.165, 1.54) is 12.1 Å². The third kappa shape index (κ3) is 5.60. The standard InChI is InChI=1S/C24H21F5N6O2/c25-15-4-3-5-16(26)22(15)35-20(36)9-8-19(33-35)23(37)32-18-7-6-17(31-13-24(27,28)29)14(12-30)21(18)34-10-1-2-11-34/h3-9,12,30-31H,1-2,10-11,13H2,(H,32,37). The average Bonchev–Trinajstić information content (AvgIpc) is 3.37. The van der Waals surface area contributed by atoms with Gasteiger partial charge in [-0.15, -0.1) is 0 Å². The van der Waals surface area contributed by atoms with Crippen LogP contribution in [0.4, 0.5) is 39.0 Å². The maximum absolute atomic E-state index is 14.2. The molecule has 0 spiro atoms. The molecule has 0 aliphatic carbocycles. The van der Waals surface area contributed by atoms with Gasteiger partial charge in [-0.25, -0.2) is 8.78 Å². The Morgan fingerprint density at radius 1 is 1.00 bits per heavy atom. The number of nitrogens with zero attached hydrogens (tertiary/aromatic N) is 3. The average molecular weight is 520 g/mol. The fourth-order valence-corrected chi connectivity index (χ4v) is 4.06. The summed E-state index contributed by atoms with van der Waals surface area (Å²) in [5, 5.41) is 16.6. The van der Waals surface area contributed by atoms with Crippen LogP contribution in [0.5, 0.6) is 0 Å². The number of carbonyl (C=O) groups excluding carboxylic acids is 1. The van der Waals surface area contributed by atoms with E-state index in [1.807, 2.05) is 4.90 Å². The van der Waals surface area contributed by atoms with Crippen molar-refractivity contribution < 1.29 is 26.7 Å². The zero-order valence-corrected chi connectivity index (χ0v) is 19.2. The van der Waals surface area contributed by atoms with Gasteiger partial charge in [0.25, 0.3) is 11.5 Å². The lowest BCUT2D eigenvalue weighted by Crippen LogP contribution is -2.27. The molecule has 1 amide bonds. The molecule has 2 aromatic carbocycles. The summed E-state index contributed by atoms with van der Waals surface area (Å²) in [4.78, 5) is 27.2. The molecule has 2 heterocycles. The Bertz CT molecular complexity index is 1380. The molecule has 3 aromatic rings. The van der Waals surface area contributed by atoms with Gasteiger partial charge in [0.05, 0.1) is 11.4 Å². The third-order valence-electron chi connectivity index (χ3n) is 5.69. The van der Waals surface area contributed by atoms with Crippen molar-refractivity contribution >= 4 is 29.2 Å². The fourth-order valence-electron chi connectivity index (χ4n) is 4.06. The van der Waals surface area contributed by atoms with E-state index >= 15 is 0 Å². The molecule has 4 rings (SSSR count). The third-order valence-corrected chi connectivity index (χ3v) is 5.69. The predicted molar refractivity (Wildman–Crippen MR) is 128 cm³/mol. The molecule has 8 nitrogen and oxygen atoms in total. The fraction of sp³-hybridized carbons (Fsp3) is 0.250. The Morgan fingerprint density at radius 3 is 2.27 bits per heavy atom. The van der Waals surface area contributed by atoms with Gasteiger partial charge in [-0.3, -0.25) is 9.59 Å². The molecule has 0 bridgehead atoms. The molecule has 0 unspecified atom stereocenters. The van der Waals surface area contributed by atoms with Gasteiger partial charge < -0.3 is 20.9 Å². The smallest absolute Gasteiger partial charge is 0.376 e. The van der Waals surface area contributed by atoms with E-state index in [2.05, 4.69) is 15.7 Å². The van der Waals surface area contributed by atoms with Crippen LogP contribution < -0.4 is 21.1 Å². The molecule has 1 saturated heterocycles. The van der Waals surface area contributed by atoms with E-state index in [4.69, 9.17) is 5.41 Å². The van der Waals surface area contributed by atoms with Gasteiger partial charge in [0.1, 0.15) is 17.9 Å². The summed E-state index contributed by atoms with van der Waals surface area (Å²) in [5.74, 6) is -2.94. The Hall–Kier alpha value is -4.29. The molecule has 194 valence electrons. The molecule has 37 heavy (non-hydrogen) atoms. The van der Waals surface area contributed by atoms with Crippen molar-refractivity contribution in [1.82, 2.24) is 9.78 Å². The zero-order valence-electron chi connectivity index (χ0n) is 19.2.